The van der Waals surface area contributed by atoms with Crippen LogP contribution in [0.5, 0.6) is 0 Å². The van der Waals surface area contributed by atoms with Crippen LogP contribution in [0.4, 0.5) is 0 Å². The molecule has 0 aliphatic carbocycles. The molecule has 2 aliphatic rings. The SMILES string of the molecule is CC(C)CCN1C[C@]2(CCCN(C(=O)CCCn3ccnc3)C2)CCC1=O. The van der Waals surface area contributed by atoms with Gasteiger partial charge in [-0.1, -0.05) is 13.8 Å². The van der Waals surface area contributed by atoms with Crippen LogP contribution in [0.1, 0.15) is 58.8 Å². The first kappa shape index (κ1) is 19.9. The lowest BCUT2D eigenvalue weighted by atomic mass is 9.73. The largest absolute Gasteiger partial charge is 0.342 e. The van der Waals surface area contributed by atoms with Gasteiger partial charge < -0.3 is 14.4 Å². The average Bonchev–Trinajstić information content (AvgIpc) is 3.16. The zero-order valence-electron chi connectivity index (χ0n) is 16.9. The van der Waals surface area contributed by atoms with E-state index in [1.54, 1.807) is 12.5 Å². The molecule has 6 nitrogen and oxygen atoms in total. The summed E-state index contributed by atoms with van der Waals surface area (Å²) in [7, 11) is 0. The molecule has 3 rings (SSSR count). The molecular weight excluding hydrogens is 340 g/mol. The quantitative estimate of drug-likeness (QED) is 0.737. The van der Waals surface area contributed by atoms with E-state index in [1.165, 1.54) is 0 Å². The number of carbonyl (C=O) groups excluding carboxylic acids is 2. The maximum absolute atomic E-state index is 12.7. The number of aromatic nitrogens is 2. The van der Waals surface area contributed by atoms with Gasteiger partial charge in [0.15, 0.2) is 0 Å². The molecule has 0 N–H and O–H groups in total. The van der Waals surface area contributed by atoms with Crippen molar-refractivity contribution in [2.75, 3.05) is 26.2 Å². The van der Waals surface area contributed by atoms with Gasteiger partial charge in [-0.15, -0.1) is 0 Å². The van der Waals surface area contributed by atoms with E-state index in [-0.39, 0.29) is 11.3 Å². The first-order valence-corrected chi connectivity index (χ1v) is 10.5. The molecule has 0 radical (unpaired) electrons. The summed E-state index contributed by atoms with van der Waals surface area (Å²) < 4.78 is 2.02. The molecule has 1 spiro atoms. The van der Waals surface area contributed by atoms with Crippen molar-refractivity contribution in [2.24, 2.45) is 11.3 Å². The molecule has 2 saturated heterocycles. The molecule has 1 aromatic rings. The van der Waals surface area contributed by atoms with Crippen LogP contribution in [0, 0.1) is 11.3 Å². The van der Waals surface area contributed by atoms with E-state index in [0.29, 0.717) is 24.7 Å². The van der Waals surface area contributed by atoms with E-state index in [0.717, 1.165) is 64.8 Å². The molecule has 2 fully saturated rings. The van der Waals surface area contributed by atoms with E-state index in [9.17, 15) is 9.59 Å². The van der Waals surface area contributed by atoms with Gasteiger partial charge in [0.2, 0.25) is 11.8 Å². The van der Waals surface area contributed by atoms with Crippen molar-refractivity contribution in [3.05, 3.63) is 18.7 Å². The van der Waals surface area contributed by atoms with Gasteiger partial charge in [-0.2, -0.15) is 0 Å². The fourth-order valence-electron chi connectivity index (χ4n) is 4.46. The van der Waals surface area contributed by atoms with Crippen LogP contribution in [0.15, 0.2) is 18.7 Å². The van der Waals surface area contributed by atoms with Gasteiger partial charge in [0.1, 0.15) is 0 Å². The standard InChI is InChI=1S/C21H34N4O2/c1-18(2)7-13-25-16-21(9-6-20(25)27)8-4-12-24(15-21)19(26)5-3-11-23-14-10-22-17-23/h10,14,17-18H,3-9,11-13,15-16H2,1-2H3/t21-/m1/s1. The molecular formula is C21H34N4O2. The molecule has 0 aromatic carbocycles. The van der Waals surface area contributed by atoms with E-state index in [2.05, 4.69) is 28.6 Å². The lowest BCUT2D eigenvalue weighted by molar-refractivity contribution is -0.143. The summed E-state index contributed by atoms with van der Waals surface area (Å²) in [4.78, 5) is 33.2. The first-order chi connectivity index (χ1) is 13.0. The van der Waals surface area contributed by atoms with Crippen LogP contribution < -0.4 is 0 Å². The molecule has 3 heterocycles. The Morgan fingerprint density at radius 3 is 2.85 bits per heavy atom. The second-order valence-electron chi connectivity index (χ2n) is 8.82. The monoisotopic (exact) mass is 374 g/mol. The van der Waals surface area contributed by atoms with Crippen molar-refractivity contribution in [1.82, 2.24) is 19.4 Å². The molecule has 0 bridgehead atoms. The number of hydrogen-bond acceptors (Lipinski definition) is 3. The summed E-state index contributed by atoms with van der Waals surface area (Å²) >= 11 is 0. The number of nitrogens with zero attached hydrogens (tertiary/aromatic N) is 4. The Hall–Kier alpha value is -1.85. The average molecular weight is 375 g/mol. The number of rotatable bonds is 7. The van der Waals surface area contributed by atoms with Gasteiger partial charge in [0.05, 0.1) is 6.33 Å². The van der Waals surface area contributed by atoms with Crippen molar-refractivity contribution in [2.45, 2.75) is 65.3 Å². The van der Waals surface area contributed by atoms with Gasteiger partial charge in [0, 0.05) is 63.4 Å². The Labute approximate surface area is 162 Å². The van der Waals surface area contributed by atoms with Gasteiger partial charge in [0.25, 0.3) is 0 Å². The van der Waals surface area contributed by atoms with E-state index >= 15 is 0 Å². The van der Waals surface area contributed by atoms with Gasteiger partial charge >= 0.3 is 0 Å². The minimum atomic E-state index is 0.114. The minimum Gasteiger partial charge on any atom is -0.342 e. The highest BCUT2D eigenvalue weighted by molar-refractivity contribution is 5.78. The van der Waals surface area contributed by atoms with Crippen molar-refractivity contribution in [3.63, 3.8) is 0 Å². The zero-order valence-corrected chi connectivity index (χ0v) is 16.9. The molecule has 0 unspecified atom stereocenters. The second kappa shape index (κ2) is 8.89. The Balaban J connectivity index is 1.52. The van der Waals surface area contributed by atoms with Crippen molar-refractivity contribution in [1.29, 1.82) is 0 Å². The van der Waals surface area contributed by atoms with Gasteiger partial charge in [-0.3, -0.25) is 9.59 Å². The Kier molecular flexibility index (Phi) is 6.55. The summed E-state index contributed by atoms with van der Waals surface area (Å²) in [5.74, 6) is 1.17. The molecule has 0 saturated carbocycles. The van der Waals surface area contributed by atoms with Crippen LogP contribution in [0.25, 0.3) is 0 Å². The second-order valence-corrected chi connectivity index (χ2v) is 8.82. The third kappa shape index (κ3) is 5.33. The van der Waals surface area contributed by atoms with Crippen LogP contribution in [-0.2, 0) is 16.1 Å². The number of likely N-dealkylation sites (tertiary alicyclic amines) is 2. The molecule has 1 aromatic heterocycles. The molecule has 6 heteroatoms. The molecule has 150 valence electrons. The normalized spacial score (nSPS) is 23.4. The first-order valence-electron chi connectivity index (χ1n) is 10.5. The Morgan fingerprint density at radius 2 is 2.11 bits per heavy atom. The van der Waals surface area contributed by atoms with Crippen molar-refractivity contribution in [3.8, 4) is 0 Å². The molecule has 27 heavy (non-hydrogen) atoms. The lowest BCUT2D eigenvalue weighted by Crippen LogP contribution is -2.55. The summed E-state index contributed by atoms with van der Waals surface area (Å²) in [6, 6.07) is 0. The minimum absolute atomic E-state index is 0.114. The summed E-state index contributed by atoms with van der Waals surface area (Å²) in [6.07, 6.45) is 11.8. The predicted molar refractivity (Wildman–Crippen MR) is 105 cm³/mol. The fraction of sp³-hybridized carbons (Fsp3) is 0.762. The number of aryl methyl sites for hydroxylation is 1. The summed E-state index contributed by atoms with van der Waals surface area (Å²) in [6.45, 7) is 8.62. The summed E-state index contributed by atoms with van der Waals surface area (Å²) in [5.41, 5.74) is 0.114. The zero-order chi connectivity index (χ0) is 19.3. The number of carbonyl (C=O) groups is 2. The smallest absolute Gasteiger partial charge is 0.222 e. The van der Waals surface area contributed by atoms with Crippen molar-refractivity contribution >= 4 is 11.8 Å². The van der Waals surface area contributed by atoms with Gasteiger partial charge in [-0.25, -0.2) is 4.98 Å². The van der Waals surface area contributed by atoms with E-state index in [1.807, 2.05) is 10.8 Å². The van der Waals surface area contributed by atoms with E-state index < -0.39 is 0 Å². The molecule has 1 atom stereocenters. The third-order valence-corrected chi connectivity index (χ3v) is 6.10. The lowest BCUT2D eigenvalue weighted by Gasteiger charge is -2.48. The Bertz CT molecular complexity index is 628. The topological polar surface area (TPSA) is 58.4 Å². The maximum atomic E-state index is 12.7. The van der Waals surface area contributed by atoms with E-state index in [4.69, 9.17) is 0 Å². The van der Waals surface area contributed by atoms with Crippen molar-refractivity contribution < 1.29 is 9.59 Å². The number of hydrogen-bond donors (Lipinski definition) is 0. The third-order valence-electron chi connectivity index (χ3n) is 6.10. The fourth-order valence-corrected chi connectivity index (χ4v) is 4.46. The summed E-state index contributed by atoms with van der Waals surface area (Å²) in [5, 5.41) is 0. The Morgan fingerprint density at radius 1 is 1.26 bits per heavy atom. The maximum Gasteiger partial charge on any atom is 0.222 e. The van der Waals surface area contributed by atoms with Crippen LogP contribution in [0.3, 0.4) is 0 Å². The number of amides is 2. The van der Waals surface area contributed by atoms with Crippen LogP contribution in [-0.4, -0.2) is 57.3 Å². The number of piperidine rings is 2. The van der Waals surface area contributed by atoms with Crippen LogP contribution in [0.2, 0.25) is 0 Å². The predicted octanol–water partition coefficient (Wildman–Crippen LogP) is 2.94. The number of imidazole rings is 1. The highest BCUT2D eigenvalue weighted by Gasteiger charge is 2.42. The molecule has 2 amide bonds. The van der Waals surface area contributed by atoms with Gasteiger partial charge in [-0.05, 0) is 38.0 Å². The van der Waals surface area contributed by atoms with Crippen LogP contribution >= 0.6 is 0 Å². The molecule has 2 aliphatic heterocycles. The highest BCUT2D eigenvalue weighted by Crippen LogP contribution is 2.39. The highest BCUT2D eigenvalue weighted by atomic mass is 16.2.